The molecule has 17 nitrogen and oxygen atoms in total. The van der Waals surface area contributed by atoms with Crippen LogP contribution in [-0.2, 0) is 65.4 Å². The van der Waals surface area contributed by atoms with Crippen LogP contribution in [-0.4, -0.2) is 96.7 Å². The number of carbonyl (C=O) groups excluding carboxylic acids is 4. The van der Waals surface area contributed by atoms with Crippen LogP contribution >= 0.6 is 15.6 Å². The molecular formula is C74H144O17P2. The van der Waals surface area contributed by atoms with Gasteiger partial charge in [-0.15, -0.1) is 0 Å². The highest BCUT2D eigenvalue weighted by Crippen LogP contribution is 2.45. The third-order valence-corrected chi connectivity index (χ3v) is 19.8. The second-order valence-corrected chi connectivity index (χ2v) is 30.6. The Labute approximate surface area is 568 Å². The molecule has 0 aromatic rings. The van der Waals surface area contributed by atoms with Crippen molar-refractivity contribution in [2.75, 3.05) is 39.6 Å². The number of aliphatic hydroxyl groups excluding tert-OH is 1. The number of phosphoric acid groups is 2. The first-order chi connectivity index (χ1) is 44.8. The molecule has 0 aliphatic rings. The summed E-state index contributed by atoms with van der Waals surface area (Å²) in [7, 11) is -9.91. The van der Waals surface area contributed by atoms with Crippen LogP contribution in [0.4, 0.5) is 0 Å². The minimum Gasteiger partial charge on any atom is -0.462 e. The van der Waals surface area contributed by atoms with Crippen molar-refractivity contribution in [2.45, 2.75) is 394 Å². The zero-order valence-corrected chi connectivity index (χ0v) is 62.5. The Balaban J connectivity index is 5.24. The summed E-state index contributed by atoms with van der Waals surface area (Å²) >= 11 is 0. The van der Waals surface area contributed by atoms with Crippen molar-refractivity contribution >= 4 is 39.5 Å². The quantitative estimate of drug-likeness (QED) is 0.0222. The van der Waals surface area contributed by atoms with Gasteiger partial charge in [0, 0.05) is 25.7 Å². The van der Waals surface area contributed by atoms with E-state index in [1.165, 1.54) is 180 Å². The van der Waals surface area contributed by atoms with Gasteiger partial charge in [-0.3, -0.25) is 37.3 Å². The molecule has 0 rings (SSSR count). The van der Waals surface area contributed by atoms with Crippen LogP contribution in [0.5, 0.6) is 0 Å². The molecule has 0 bridgehead atoms. The van der Waals surface area contributed by atoms with Crippen LogP contribution in [0.15, 0.2) is 0 Å². The fraction of sp³-hybridized carbons (Fsp3) is 0.946. The molecule has 0 saturated carbocycles. The van der Waals surface area contributed by atoms with Crippen molar-refractivity contribution in [3.63, 3.8) is 0 Å². The summed E-state index contributed by atoms with van der Waals surface area (Å²) in [6, 6.07) is 0. The molecule has 7 atom stereocenters. The van der Waals surface area contributed by atoms with Gasteiger partial charge in [-0.2, -0.15) is 0 Å². The van der Waals surface area contributed by atoms with Crippen molar-refractivity contribution in [3.8, 4) is 0 Å². The first kappa shape index (κ1) is 91.1. The molecule has 0 aromatic carbocycles. The minimum absolute atomic E-state index is 0.104. The maximum Gasteiger partial charge on any atom is 0.472 e. The maximum atomic E-state index is 13.1. The molecule has 4 unspecified atom stereocenters. The van der Waals surface area contributed by atoms with Gasteiger partial charge in [-0.25, -0.2) is 9.13 Å². The SMILES string of the molecule is CCCCCCCCCCCCCCCCC(=O)OC[C@H](COP(=O)(O)OC[C@@H](O)COP(=O)(O)OC[C@@H](COC(=O)CCCCCCCCC(C)C)OC(=O)CCCCCCCCCCC(C)CC)OC(=O)CCCCCCCCCCCCCCCCC(C)CC. The highest BCUT2D eigenvalue weighted by Gasteiger charge is 2.30. The van der Waals surface area contributed by atoms with Crippen molar-refractivity contribution < 1.29 is 80.2 Å². The number of aliphatic hydroxyl groups is 1. The predicted octanol–water partition coefficient (Wildman–Crippen LogP) is 21.4. The number of hydrogen-bond donors (Lipinski definition) is 3. The lowest BCUT2D eigenvalue weighted by Crippen LogP contribution is -2.30. The number of ether oxygens (including phenoxy) is 4. The number of esters is 4. The zero-order chi connectivity index (χ0) is 68.7. The number of hydrogen-bond acceptors (Lipinski definition) is 15. The highest BCUT2D eigenvalue weighted by atomic mass is 31.2. The van der Waals surface area contributed by atoms with Gasteiger partial charge in [0.15, 0.2) is 12.2 Å². The molecule has 93 heavy (non-hydrogen) atoms. The minimum atomic E-state index is -4.96. The topological polar surface area (TPSA) is 237 Å². The van der Waals surface area contributed by atoms with E-state index in [9.17, 15) is 43.2 Å². The smallest absolute Gasteiger partial charge is 0.462 e. The molecule has 19 heteroatoms. The van der Waals surface area contributed by atoms with Crippen molar-refractivity contribution in [3.05, 3.63) is 0 Å². The van der Waals surface area contributed by atoms with Gasteiger partial charge < -0.3 is 33.8 Å². The maximum absolute atomic E-state index is 13.1. The summed E-state index contributed by atoms with van der Waals surface area (Å²) in [5.41, 5.74) is 0. The van der Waals surface area contributed by atoms with Gasteiger partial charge in [0.25, 0.3) is 0 Å². The third-order valence-electron chi connectivity index (χ3n) is 17.9. The van der Waals surface area contributed by atoms with Crippen LogP contribution < -0.4 is 0 Å². The Morgan fingerprint density at radius 2 is 0.548 bits per heavy atom. The molecule has 0 aliphatic heterocycles. The van der Waals surface area contributed by atoms with Gasteiger partial charge in [0.05, 0.1) is 26.4 Å². The summed E-state index contributed by atoms with van der Waals surface area (Å²) in [6.45, 7) is 11.9. The van der Waals surface area contributed by atoms with E-state index in [0.717, 1.165) is 108 Å². The average molecular weight is 1370 g/mol. The second-order valence-electron chi connectivity index (χ2n) is 27.6. The second kappa shape index (κ2) is 64.7. The summed E-state index contributed by atoms with van der Waals surface area (Å²) in [4.78, 5) is 72.7. The van der Waals surface area contributed by atoms with E-state index in [1.807, 2.05) is 0 Å². The normalized spacial score (nSPS) is 14.7. The number of unbranched alkanes of at least 4 members (excludes halogenated alkanes) is 38. The van der Waals surface area contributed by atoms with E-state index in [0.29, 0.717) is 31.6 Å². The number of carbonyl (C=O) groups is 4. The monoisotopic (exact) mass is 1370 g/mol. The predicted molar refractivity (Wildman–Crippen MR) is 377 cm³/mol. The molecule has 3 N–H and O–H groups in total. The largest absolute Gasteiger partial charge is 0.472 e. The van der Waals surface area contributed by atoms with Crippen LogP contribution in [0.1, 0.15) is 376 Å². The van der Waals surface area contributed by atoms with Gasteiger partial charge >= 0.3 is 39.5 Å². The lowest BCUT2D eigenvalue weighted by molar-refractivity contribution is -0.161. The summed E-state index contributed by atoms with van der Waals surface area (Å²) in [5.74, 6) is 0.172. The third kappa shape index (κ3) is 65.8. The molecule has 0 saturated heterocycles. The molecule has 0 radical (unpaired) electrons. The molecule has 552 valence electrons. The van der Waals surface area contributed by atoms with Crippen molar-refractivity contribution in [1.82, 2.24) is 0 Å². The average Bonchev–Trinajstić information content (AvgIpc) is 3.72. The molecule has 0 heterocycles. The molecule has 0 amide bonds. The van der Waals surface area contributed by atoms with Gasteiger partial charge in [0.2, 0.25) is 0 Å². The van der Waals surface area contributed by atoms with Crippen molar-refractivity contribution in [2.24, 2.45) is 17.8 Å². The summed E-state index contributed by atoms with van der Waals surface area (Å²) < 4.78 is 68.4. The number of rotatable bonds is 72. The highest BCUT2D eigenvalue weighted by molar-refractivity contribution is 7.47. The van der Waals surface area contributed by atoms with E-state index < -0.39 is 97.5 Å². The summed E-state index contributed by atoms with van der Waals surface area (Å²) in [6.07, 6.45) is 50.0. The molecular weight excluding hydrogens is 1220 g/mol. The van der Waals surface area contributed by atoms with E-state index in [2.05, 4.69) is 48.5 Å². The molecule has 0 aliphatic carbocycles. The Kier molecular flexibility index (Phi) is 63.4. The van der Waals surface area contributed by atoms with Crippen LogP contribution in [0, 0.1) is 17.8 Å². The first-order valence-electron chi connectivity index (χ1n) is 38.4. The van der Waals surface area contributed by atoms with Crippen LogP contribution in [0.2, 0.25) is 0 Å². The molecule has 0 spiro atoms. The fourth-order valence-corrected chi connectivity index (χ4v) is 12.8. The van der Waals surface area contributed by atoms with Gasteiger partial charge in [-0.05, 0) is 43.4 Å². The van der Waals surface area contributed by atoms with E-state index in [-0.39, 0.29) is 25.7 Å². The lowest BCUT2D eigenvalue weighted by atomic mass is 9.99. The Morgan fingerprint density at radius 1 is 0.312 bits per heavy atom. The first-order valence-corrected chi connectivity index (χ1v) is 41.4. The van der Waals surface area contributed by atoms with Gasteiger partial charge in [0.1, 0.15) is 19.3 Å². The fourth-order valence-electron chi connectivity index (χ4n) is 11.2. The Morgan fingerprint density at radius 3 is 0.817 bits per heavy atom. The van der Waals surface area contributed by atoms with E-state index >= 15 is 0 Å². The standard InChI is InChI=1S/C74H144O17P2/c1-8-11-12-13-14-15-16-17-21-24-27-33-41-48-55-71(76)84-61-69(90-73(78)57-50-43-34-28-25-22-19-18-20-23-26-31-39-46-53-66(6)9-2)63-88-92(80,81)86-59-68(75)60-87-93(82,83)89-64-70(62-85-72(77)56-49-42-37-36-38-45-52-65(4)5)91-74(79)58-51-44-35-30-29-32-40-47-54-67(7)10-3/h65-70,75H,8-64H2,1-7H3,(H,80,81)(H,82,83)/t66?,67?,68-,69-,70-/m1/s1. The number of phosphoric ester groups is 2. The Bertz CT molecular complexity index is 1820. The van der Waals surface area contributed by atoms with Crippen LogP contribution in [0.3, 0.4) is 0 Å². The van der Waals surface area contributed by atoms with E-state index in [1.54, 1.807) is 0 Å². The molecule has 0 aromatic heterocycles. The van der Waals surface area contributed by atoms with Crippen molar-refractivity contribution in [1.29, 1.82) is 0 Å². The lowest BCUT2D eigenvalue weighted by Gasteiger charge is -2.21. The molecule has 0 fully saturated rings. The summed E-state index contributed by atoms with van der Waals surface area (Å²) in [5, 5.41) is 10.6. The zero-order valence-electron chi connectivity index (χ0n) is 60.7. The Hall–Kier alpha value is -1.94. The van der Waals surface area contributed by atoms with Gasteiger partial charge in [-0.1, -0.05) is 325 Å². The van der Waals surface area contributed by atoms with Crippen LogP contribution in [0.25, 0.3) is 0 Å². The van der Waals surface area contributed by atoms with E-state index in [4.69, 9.17) is 37.0 Å².